The average Bonchev–Trinajstić information content (AvgIpc) is 2.64. The van der Waals surface area contributed by atoms with Crippen LogP contribution in [-0.2, 0) is 5.54 Å². The third-order valence-corrected chi connectivity index (χ3v) is 2.78. The van der Waals surface area contributed by atoms with Gasteiger partial charge in [-0.05, 0) is 39.4 Å². The van der Waals surface area contributed by atoms with Crippen molar-refractivity contribution in [2.45, 2.75) is 26.3 Å². The lowest BCUT2D eigenvalue weighted by atomic mass is 10.1. The van der Waals surface area contributed by atoms with E-state index in [9.17, 15) is 0 Å². The molecule has 0 radical (unpaired) electrons. The van der Waals surface area contributed by atoms with Crippen LogP contribution in [0.3, 0.4) is 0 Å². The Kier molecular flexibility index (Phi) is 2.27. The Bertz CT molecular complexity index is 485. The molecular weight excluding hydrogens is 188 g/mol. The van der Waals surface area contributed by atoms with Crippen LogP contribution in [0.2, 0.25) is 0 Å². The van der Waals surface area contributed by atoms with E-state index in [-0.39, 0.29) is 5.54 Å². The summed E-state index contributed by atoms with van der Waals surface area (Å²) in [4.78, 5) is 4.53. The normalized spacial score (nSPS) is 12.3. The molecule has 0 bridgehead atoms. The van der Waals surface area contributed by atoms with Crippen LogP contribution in [0.4, 0.5) is 0 Å². The maximum absolute atomic E-state index is 5.73. The monoisotopic (exact) mass is 204 g/mol. The summed E-state index contributed by atoms with van der Waals surface area (Å²) < 4.78 is 5.73. The van der Waals surface area contributed by atoms with Crippen LogP contribution in [0.15, 0.2) is 22.6 Å². The third kappa shape index (κ3) is 1.63. The summed E-state index contributed by atoms with van der Waals surface area (Å²) in [7, 11) is 1.90. The van der Waals surface area contributed by atoms with E-state index in [0.717, 1.165) is 22.6 Å². The molecule has 0 unspecified atom stereocenters. The average molecular weight is 204 g/mol. The molecule has 80 valence electrons. The number of para-hydroxylation sites is 1. The minimum absolute atomic E-state index is 0.231. The van der Waals surface area contributed by atoms with Gasteiger partial charge >= 0.3 is 0 Å². The van der Waals surface area contributed by atoms with Crippen molar-refractivity contribution < 1.29 is 4.42 Å². The summed E-state index contributed by atoms with van der Waals surface area (Å²) >= 11 is 0. The van der Waals surface area contributed by atoms with Crippen molar-refractivity contribution in [3.8, 4) is 0 Å². The van der Waals surface area contributed by atoms with Crippen LogP contribution < -0.4 is 5.32 Å². The predicted octanol–water partition coefficient (Wildman–Crippen LogP) is 2.59. The zero-order chi connectivity index (χ0) is 11.1. The van der Waals surface area contributed by atoms with E-state index in [0.29, 0.717) is 0 Å². The zero-order valence-corrected chi connectivity index (χ0v) is 9.59. The first-order valence-corrected chi connectivity index (χ1v) is 5.10. The van der Waals surface area contributed by atoms with Gasteiger partial charge < -0.3 is 9.73 Å². The van der Waals surface area contributed by atoms with Crippen LogP contribution in [0.5, 0.6) is 0 Å². The summed E-state index contributed by atoms with van der Waals surface area (Å²) in [6.45, 7) is 6.14. The highest BCUT2D eigenvalue weighted by Crippen LogP contribution is 2.25. The second-order valence-corrected chi connectivity index (χ2v) is 4.32. The molecule has 2 aromatic rings. The first-order chi connectivity index (χ1) is 7.04. The van der Waals surface area contributed by atoms with Gasteiger partial charge in [-0.25, -0.2) is 4.98 Å². The first-order valence-electron chi connectivity index (χ1n) is 5.10. The molecule has 0 saturated heterocycles. The Morgan fingerprint density at radius 1 is 1.33 bits per heavy atom. The number of aryl methyl sites for hydroxylation is 1. The predicted molar refractivity (Wildman–Crippen MR) is 60.8 cm³/mol. The molecule has 0 fully saturated rings. The van der Waals surface area contributed by atoms with Crippen LogP contribution in [-0.4, -0.2) is 12.0 Å². The number of hydrogen-bond donors (Lipinski definition) is 1. The molecule has 15 heavy (non-hydrogen) atoms. The van der Waals surface area contributed by atoms with Crippen LogP contribution in [0.25, 0.3) is 11.1 Å². The molecule has 0 amide bonds. The lowest BCUT2D eigenvalue weighted by Crippen LogP contribution is -2.33. The van der Waals surface area contributed by atoms with Crippen molar-refractivity contribution in [1.29, 1.82) is 0 Å². The van der Waals surface area contributed by atoms with Gasteiger partial charge in [0.1, 0.15) is 5.52 Å². The standard InChI is InChI=1S/C12H16N2O/c1-8-6-5-7-9-10(8)14-11(15-9)12(2,3)13-4/h5-7,13H,1-4H3. The maximum Gasteiger partial charge on any atom is 0.215 e. The van der Waals surface area contributed by atoms with Gasteiger partial charge in [0.25, 0.3) is 0 Å². The molecule has 3 nitrogen and oxygen atoms in total. The second-order valence-electron chi connectivity index (χ2n) is 4.32. The maximum atomic E-state index is 5.73. The minimum Gasteiger partial charge on any atom is -0.439 e. The number of nitrogens with one attached hydrogen (secondary N) is 1. The molecule has 1 N–H and O–H groups in total. The fourth-order valence-corrected chi connectivity index (χ4v) is 1.46. The van der Waals surface area contributed by atoms with E-state index in [4.69, 9.17) is 4.42 Å². The summed E-state index contributed by atoms with van der Waals surface area (Å²) in [6.07, 6.45) is 0. The fourth-order valence-electron chi connectivity index (χ4n) is 1.46. The summed E-state index contributed by atoms with van der Waals surface area (Å²) in [5.74, 6) is 0.731. The van der Waals surface area contributed by atoms with Gasteiger partial charge in [0.2, 0.25) is 5.89 Å². The van der Waals surface area contributed by atoms with Gasteiger partial charge in [-0.3, -0.25) is 0 Å². The van der Waals surface area contributed by atoms with Gasteiger partial charge in [-0.15, -0.1) is 0 Å². The van der Waals surface area contributed by atoms with Crippen molar-refractivity contribution in [1.82, 2.24) is 10.3 Å². The van der Waals surface area contributed by atoms with E-state index in [1.165, 1.54) is 0 Å². The van der Waals surface area contributed by atoms with Gasteiger partial charge in [0, 0.05) is 0 Å². The van der Waals surface area contributed by atoms with E-state index in [1.54, 1.807) is 0 Å². The highest BCUT2D eigenvalue weighted by molar-refractivity contribution is 5.76. The van der Waals surface area contributed by atoms with Gasteiger partial charge in [0.05, 0.1) is 5.54 Å². The van der Waals surface area contributed by atoms with E-state index in [1.807, 2.05) is 46.0 Å². The van der Waals surface area contributed by atoms with Gasteiger partial charge in [0.15, 0.2) is 5.58 Å². The Hall–Kier alpha value is -1.35. The highest BCUT2D eigenvalue weighted by atomic mass is 16.4. The minimum atomic E-state index is -0.231. The van der Waals surface area contributed by atoms with Gasteiger partial charge in [-0.1, -0.05) is 12.1 Å². The number of benzene rings is 1. The Morgan fingerprint density at radius 3 is 2.67 bits per heavy atom. The lowest BCUT2D eigenvalue weighted by molar-refractivity contribution is 0.338. The molecule has 0 saturated carbocycles. The smallest absolute Gasteiger partial charge is 0.215 e. The molecule has 3 heteroatoms. The summed E-state index contributed by atoms with van der Waals surface area (Å²) in [5.41, 5.74) is 2.73. The molecule has 1 aromatic heterocycles. The molecule has 1 heterocycles. The SMILES string of the molecule is CNC(C)(C)c1nc2c(C)cccc2o1. The molecule has 0 spiro atoms. The second kappa shape index (κ2) is 3.35. The molecular formula is C12H16N2O. The van der Waals surface area contributed by atoms with Crippen molar-refractivity contribution in [2.24, 2.45) is 0 Å². The largest absolute Gasteiger partial charge is 0.439 e. The van der Waals surface area contributed by atoms with Crippen molar-refractivity contribution >= 4 is 11.1 Å². The molecule has 0 aliphatic rings. The number of rotatable bonds is 2. The van der Waals surface area contributed by atoms with Crippen molar-refractivity contribution in [2.75, 3.05) is 7.05 Å². The van der Waals surface area contributed by atoms with Crippen molar-refractivity contribution in [3.05, 3.63) is 29.7 Å². The number of nitrogens with zero attached hydrogens (tertiary/aromatic N) is 1. The number of hydrogen-bond acceptors (Lipinski definition) is 3. The number of fused-ring (bicyclic) bond motifs is 1. The van der Waals surface area contributed by atoms with E-state index < -0.39 is 0 Å². The van der Waals surface area contributed by atoms with E-state index >= 15 is 0 Å². The molecule has 0 atom stereocenters. The highest BCUT2D eigenvalue weighted by Gasteiger charge is 2.24. The van der Waals surface area contributed by atoms with Crippen LogP contribution in [0, 0.1) is 6.92 Å². The quantitative estimate of drug-likeness (QED) is 0.817. The van der Waals surface area contributed by atoms with Crippen LogP contribution in [0.1, 0.15) is 25.3 Å². The fraction of sp³-hybridized carbons (Fsp3) is 0.417. The van der Waals surface area contributed by atoms with Crippen molar-refractivity contribution in [3.63, 3.8) is 0 Å². The van der Waals surface area contributed by atoms with E-state index in [2.05, 4.69) is 10.3 Å². The number of oxazole rings is 1. The molecule has 2 rings (SSSR count). The third-order valence-electron chi connectivity index (χ3n) is 2.78. The summed E-state index contributed by atoms with van der Waals surface area (Å²) in [6, 6.07) is 5.98. The topological polar surface area (TPSA) is 38.1 Å². The lowest BCUT2D eigenvalue weighted by Gasteiger charge is -2.18. The summed E-state index contributed by atoms with van der Waals surface area (Å²) in [5, 5.41) is 3.18. The molecule has 0 aliphatic carbocycles. The van der Waals surface area contributed by atoms with Crippen LogP contribution >= 0.6 is 0 Å². The molecule has 1 aromatic carbocycles. The Balaban J connectivity index is 2.62. The Morgan fingerprint density at radius 2 is 2.07 bits per heavy atom. The first kappa shape index (κ1) is 10.2. The zero-order valence-electron chi connectivity index (χ0n) is 9.59. The Labute approximate surface area is 89.5 Å². The molecule has 0 aliphatic heterocycles. The number of aromatic nitrogens is 1. The van der Waals surface area contributed by atoms with Gasteiger partial charge in [-0.2, -0.15) is 0 Å².